The summed E-state index contributed by atoms with van der Waals surface area (Å²) in [6, 6.07) is 9.74. The van der Waals surface area contributed by atoms with Gasteiger partial charge in [0.15, 0.2) is 0 Å². The van der Waals surface area contributed by atoms with Crippen LogP contribution in [0.15, 0.2) is 42.6 Å². The van der Waals surface area contributed by atoms with Gasteiger partial charge in [0, 0.05) is 32.4 Å². The van der Waals surface area contributed by atoms with Crippen LogP contribution >= 0.6 is 0 Å². The zero-order chi connectivity index (χ0) is 15.4. The second-order valence-corrected chi connectivity index (χ2v) is 5.05. The molecule has 114 valence electrons. The number of nitrogens with zero attached hydrogens (tertiary/aromatic N) is 2. The van der Waals surface area contributed by atoms with Crippen LogP contribution < -0.4 is 10.6 Å². The quantitative estimate of drug-likeness (QED) is 0.910. The number of rotatable bonds is 3. The Hall–Kier alpha value is -2.47. The molecule has 0 bridgehead atoms. The molecule has 1 aliphatic heterocycles. The number of piperazine rings is 1. The van der Waals surface area contributed by atoms with Crippen LogP contribution in [0.1, 0.15) is 10.4 Å². The molecule has 2 N–H and O–H groups in total. The molecule has 1 amide bonds. The summed E-state index contributed by atoms with van der Waals surface area (Å²) in [5, 5.41) is 6.12. The van der Waals surface area contributed by atoms with Crippen LogP contribution in [0.5, 0.6) is 0 Å². The van der Waals surface area contributed by atoms with E-state index in [1.165, 1.54) is 6.07 Å². The van der Waals surface area contributed by atoms with Gasteiger partial charge in [0.25, 0.3) is 5.91 Å². The predicted octanol–water partition coefficient (Wildman–Crippen LogP) is 2.01. The molecule has 22 heavy (non-hydrogen) atoms. The molecule has 0 unspecified atom stereocenters. The number of aromatic nitrogens is 1. The Labute approximate surface area is 128 Å². The molecule has 5 nitrogen and oxygen atoms in total. The van der Waals surface area contributed by atoms with Gasteiger partial charge >= 0.3 is 0 Å². The SMILES string of the molecule is O=C(c1cccnc1Nc1ccccc1F)N1CCNCC1. The Balaban J connectivity index is 1.86. The van der Waals surface area contributed by atoms with Crippen molar-refractivity contribution in [3.8, 4) is 0 Å². The van der Waals surface area contributed by atoms with E-state index in [4.69, 9.17) is 0 Å². The Morgan fingerprint density at radius 3 is 2.73 bits per heavy atom. The minimum absolute atomic E-state index is 0.0894. The van der Waals surface area contributed by atoms with E-state index in [0.717, 1.165) is 13.1 Å². The van der Waals surface area contributed by atoms with Crippen LogP contribution in [0.3, 0.4) is 0 Å². The summed E-state index contributed by atoms with van der Waals surface area (Å²) in [6.07, 6.45) is 1.58. The third-order valence-electron chi connectivity index (χ3n) is 3.57. The molecule has 0 atom stereocenters. The van der Waals surface area contributed by atoms with Gasteiger partial charge in [-0.25, -0.2) is 9.37 Å². The number of carbonyl (C=O) groups excluding carboxylic acids is 1. The average Bonchev–Trinajstić information content (AvgIpc) is 2.58. The van der Waals surface area contributed by atoms with E-state index >= 15 is 0 Å². The van der Waals surface area contributed by atoms with Crippen LogP contribution in [0.4, 0.5) is 15.9 Å². The molecule has 1 fully saturated rings. The average molecular weight is 300 g/mol. The van der Waals surface area contributed by atoms with Crippen LogP contribution in [0.25, 0.3) is 0 Å². The van der Waals surface area contributed by atoms with Crippen molar-refractivity contribution in [3.05, 3.63) is 54.0 Å². The molecule has 1 saturated heterocycles. The highest BCUT2D eigenvalue weighted by atomic mass is 19.1. The number of nitrogens with one attached hydrogen (secondary N) is 2. The Kier molecular flexibility index (Phi) is 4.29. The topological polar surface area (TPSA) is 57.3 Å². The van der Waals surface area contributed by atoms with Gasteiger partial charge in [-0.05, 0) is 24.3 Å². The summed E-state index contributed by atoms with van der Waals surface area (Å²) in [7, 11) is 0. The van der Waals surface area contributed by atoms with E-state index in [1.807, 2.05) is 0 Å². The summed E-state index contributed by atoms with van der Waals surface area (Å²) in [5.74, 6) is -0.0988. The number of hydrogen-bond donors (Lipinski definition) is 2. The second-order valence-electron chi connectivity index (χ2n) is 5.05. The molecule has 6 heteroatoms. The minimum Gasteiger partial charge on any atom is -0.337 e. The Morgan fingerprint density at radius 2 is 1.95 bits per heavy atom. The van der Waals surface area contributed by atoms with Crippen molar-refractivity contribution >= 4 is 17.4 Å². The van der Waals surface area contributed by atoms with Gasteiger partial charge in [0.05, 0.1) is 11.3 Å². The van der Waals surface area contributed by atoms with Crippen molar-refractivity contribution in [1.82, 2.24) is 15.2 Å². The smallest absolute Gasteiger partial charge is 0.257 e. The largest absolute Gasteiger partial charge is 0.337 e. The Morgan fingerprint density at radius 1 is 1.18 bits per heavy atom. The zero-order valence-corrected chi connectivity index (χ0v) is 12.1. The van der Waals surface area contributed by atoms with Crippen LogP contribution in [0.2, 0.25) is 0 Å². The first-order valence-electron chi connectivity index (χ1n) is 7.22. The van der Waals surface area contributed by atoms with Crippen molar-refractivity contribution in [2.24, 2.45) is 0 Å². The number of amides is 1. The van der Waals surface area contributed by atoms with Gasteiger partial charge in [-0.1, -0.05) is 12.1 Å². The van der Waals surface area contributed by atoms with Crippen LogP contribution in [0, 0.1) is 5.82 Å². The fourth-order valence-electron chi connectivity index (χ4n) is 2.41. The van der Waals surface area contributed by atoms with E-state index in [-0.39, 0.29) is 11.7 Å². The maximum Gasteiger partial charge on any atom is 0.257 e. The molecule has 2 aromatic rings. The maximum atomic E-state index is 13.8. The number of carbonyl (C=O) groups is 1. The highest BCUT2D eigenvalue weighted by molar-refractivity contribution is 5.99. The van der Waals surface area contributed by atoms with Crippen molar-refractivity contribution in [3.63, 3.8) is 0 Å². The van der Waals surface area contributed by atoms with Crippen LogP contribution in [-0.2, 0) is 0 Å². The van der Waals surface area contributed by atoms with Gasteiger partial charge in [-0.3, -0.25) is 4.79 Å². The lowest BCUT2D eigenvalue weighted by Crippen LogP contribution is -2.46. The molecule has 3 rings (SSSR count). The minimum atomic E-state index is -0.381. The van der Waals surface area contributed by atoms with E-state index in [1.54, 1.807) is 41.4 Å². The lowest BCUT2D eigenvalue weighted by molar-refractivity contribution is 0.0736. The zero-order valence-electron chi connectivity index (χ0n) is 12.1. The first-order valence-corrected chi connectivity index (χ1v) is 7.22. The molecule has 1 aromatic heterocycles. The van der Waals surface area contributed by atoms with E-state index < -0.39 is 0 Å². The van der Waals surface area contributed by atoms with E-state index in [2.05, 4.69) is 15.6 Å². The van der Waals surface area contributed by atoms with E-state index in [0.29, 0.717) is 30.2 Å². The van der Waals surface area contributed by atoms with Crippen molar-refractivity contribution in [1.29, 1.82) is 0 Å². The lowest BCUT2D eigenvalue weighted by Gasteiger charge is -2.28. The molecule has 0 aliphatic carbocycles. The highest BCUT2D eigenvalue weighted by Gasteiger charge is 2.21. The van der Waals surface area contributed by atoms with Crippen LogP contribution in [-0.4, -0.2) is 42.0 Å². The molecule has 1 aromatic carbocycles. The number of halogens is 1. The number of para-hydroxylation sites is 1. The summed E-state index contributed by atoms with van der Waals surface area (Å²) >= 11 is 0. The number of anilines is 2. The lowest BCUT2D eigenvalue weighted by atomic mass is 10.2. The normalized spacial score (nSPS) is 14.7. The monoisotopic (exact) mass is 300 g/mol. The molecular weight excluding hydrogens is 283 g/mol. The molecule has 2 heterocycles. The second kappa shape index (κ2) is 6.53. The maximum absolute atomic E-state index is 13.8. The van der Waals surface area contributed by atoms with E-state index in [9.17, 15) is 9.18 Å². The third kappa shape index (κ3) is 3.07. The fraction of sp³-hybridized carbons (Fsp3) is 0.250. The Bertz CT molecular complexity index is 671. The van der Waals surface area contributed by atoms with Crippen molar-refractivity contribution in [2.75, 3.05) is 31.5 Å². The third-order valence-corrected chi connectivity index (χ3v) is 3.57. The standard InChI is InChI=1S/C16H17FN4O/c17-13-5-1-2-6-14(13)20-15-12(4-3-7-19-15)16(22)21-10-8-18-9-11-21/h1-7,18H,8-11H2,(H,19,20). The molecular formula is C16H17FN4O. The van der Waals surface area contributed by atoms with Gasteiger partial charge < -0.3 is 15.5 Å². The molecule has 1 aliphatic rings. The number of hydrogen-bond acceptors (Lipinski definition) is 4. The number of benzene rings is 1. The fourth-order valence-corrected chi connectivity index (χ4v) is 2.41. The summed E-state index contributed by atoms with van der Waals surface area (Å²) < 4.78 is 13.8. The van der Waals surface area contributed by atoms with Gasteiger partial charge in [0.2, 0.25) is 0 Å². The summed E-state index contributed by atoms with van der Waals surface area (Å²) in [5.41, 5.74) is 0.753. The molecule has 0 spiro atoms. The number of pyridine rings is 1. The predicted molar refractivity (Wildman–Crippen MR) is 82.7 cm³/mol. The first kappa shape index (κ1) is 14.5. The van der Waals surface area contributed by atoms with Gasteiger partial charge in [-0.2, -0.15) is 0 Å². The first-order chi connectivity index (χ1) is 10.8. The highest BCUT2D eigenvalue weighted by Crippen LogP contribution is 2.22. The van der Waals surface area contributed by atoms with Gasteiger partial charge in [-0.15, -0.1) is 0 Å². The summed E-state index contributed by atoms with van der Waals surface area (Å²) in [6.45, 7) is 2.88. The van der Waals surface area contributed by atoms with Crippen molar-refractivity contribution in [2.45, 2.75) is 0 Å². The van der Waals surface area contributed by atoms with Crippen molar-refractivity contribution < 1.29 is 9.18 Å². The molecule has 0 radical (unpaired) electrons. The summed E-state index contributed by atoms with van der Waals surface area (Å²) in [4.78, 5) is 18.6. The van der Waals surface area contributed by atoms with Gasteiger partial charge in [0.1, 0.15) is 11.6 Å². The molecule has 0 saturated carbocycles.